The van der Waals surface area contributed by atoms with Crippen LogP contribution in [0, 0.1) is 96.9 Å². The molecule has 0 unspecified atom stereocenters. The Kier molecular flexibility index (Phi) is 7.19. The van der Waals surface area contributed by atoms with Crippen molar-refractivity contribution in [1.29, 1.82) is 0 Å². The van der Waals surface area contributed by atoms with Gasteiger partial charge in [-0.2, -0.15) is 0 Å². The van der Waals surface area contributed by atoms with Gasteiger partial charge >= 0.3 is 0 Å². The van der Waals surface area contributed by atoms with Crippen LogP contribution in [0.1, 0.15) is 77.9 Å². The first-order valence-corrected chi connectivity index (χ1v) is 12.8. The van der Waals surface area contributed by atoms with E-state index < -0.39 is 0 Å². The van der Waals surface area contributed by atoms with Crippen LogP contribution in [0.5, 0.6) is 5.75 Å². The number of hydrogen-bond donors (Lipinski definition) is 0. The molecule has 2 nitrogen and oxygen atoms in total. The summed E-state index contributed by atoms with van der Waals surface area (Å²) in [6.07, 6.45) is 0. The molecule has 0 aliphatic heterocycles. The summed E-state index contributed by atoms with van der Waals surface area (Å²) in [5, 5.41) is 0. The SMILES string of the molecule is COc1c(C)c(C)c(N(c2c(C)c(C)c(C)c(C)c2C)c2c(C)c(C)c(C)c(C)c2C)c(C)c1C. The summed E-state index contributed by atoms with van der Waals surface area (Å²) in [5.74, 6) is 0.998. The van der Waals surface area contributed by atoms with E-state index in [4.69, 9.17) is 4.74 Å². The zero-order valence-electron chi connectivity index (χ0n) is 24.9. The molecule has 0 amide bonds. The summed E-state index contributed by atoms with van der Waals surface area (Å²) in [7, 11) is 1.79. The van der Waals surface area contributed by atoms with Crippen molar-refractivity contribution < 1.29 is 4.74 Å². The number of hydrogen-bond acceptors (Lipinski definition) is 2. The lowest BCUT2D eigenvalue weighted by molar-refractivity contribution is 0.408. The summed E-state index contributed by atoms with van der Waals surface area (Å²) >= 11 is 0. The molecule has 0 saturated heterocycles. The molecule has 3 aromatic carbocycles. The molecule has 3 rings (SSSR count). The molecule has 2 heteroatoms. The molecule has 0 aliphatic carbocycles. The van der Waals surface area contributed by atoms with Crippen LogP contribution in [0.2, 0.25) is 0 Å². The highest BCUT2D eigenvalue weighted by molar-refractivity contribution is 5.90. The van der Waals surface area contributed by atoms with E-state index in [0.29, 0.717) is 0 Å². The highest BCUT2D eigenvalue weighted by Crippen LogP contribution is 2.50. The van der Waals surface area contributed by atoms with E-state index in [1.807, 2.05) is 0 Å². The number of methoxy groups -OCH3 is 1. The van der Waals surface area contributed by atoms with Crippen LogP contribution in [-0.2, 0) is 0 Å². The second-order valence-corrected chi connectivity index (χ2v) is 10.7. The Morgan fingerprint density at radius 3 is 0.743 bits per heavy atom. The molecule has 35 heavy (non-hydrogen) atoms. The van der Waals surface area contributed by atoms with Crippen LogP contribution in [0.25, 0.3) is 0 Å². The Hall–Kier alpha value is -2.74. The highest BCUT2D eigenvalue weighted by atomic mass is 16.5. The van der Waals surface area contributed by atoms with Gasteiger partial charge in [-0.3, -0.25) is 0 Å². The van der Waals surface area contributed by atoms with Crippen LogP contribution in [0.15, 0.2) is 0 Å². The summed E-state index contributed by atoms with van der Waals surface area (Å²) in [6, 6.07) is 0. The number of ether oxygens (including phenoxy) is 1. The zero-order valence-corrected chi connectivity index (χ0v) is 24.9. The number of anilines is 3. The van der Waals surface area contributed by atoms with Gasteiger partial charge in [0.2, 0.25) is 0 Å². The van der Waals surface area contributed by atoms with Crippen LogP contribution >= 0.6 is 0 Å². The molecule has 0 aromatic heterocycles. The predicted octanol–water partition coefficient (Wildman–Crippen LogP) is 9.48. The van der Waals surface area contributed by atoms with Gasteiger partial charge in [0.05, 0.1) is 24.2 Å². The van der Waals surface area contributed by atoms with Gasteiger partial charge < -0.3 is 9.64 Å². The van der Waals surface area contributed by atoms with Gasteiger partial charge in [0.15, 0.2) is 0 Å². The Bertz CT molecular complexity index is 1200. The third-order valence-corrected chi connectivity index (χ3v) is 9.31. The predicted molar refractivity (Wildman–Crippen MR) is 154 cm³/mol. The van der Waals surface area contributed by atoms with Crippen LogP contribution in [0.4, 0.5) is 17.1 Å². The first-order chi connectivity index (χ1) is 16.2. The van der Waals surface area contributed by atoms with Gasteiger partial charge in [-0.05, 0) is 175 Å². The van der Waals surface area contributed by atoms with E-state index in [0.717, 1.165) is 5.75 Å². The molecular weight excluding hydrogens is 426 g/mol. The fourth-order valence-electron chi connectivity index (χ4n) is 5.87. The number of benzene rings is 3. The molecule has 0 heterocycles. The minimum absolute atomic E-state index is 0.998. The van der Waals surface area contributed by atoms with E-state index in [1.54, 1.807) is 7.11 Å². The molecule has 0 spiro atoms. The van der Waals surface area contributed by atoms with E-state index in [9.17, 15) is 0 Å². The van der Waals surface area contributed by atoms with Crippen molar-refractivity contribution in [3.05, 3.63) is 77.9 Å². The smallest absolute Gasteiger partial charge is 0.125 e. The van der Waals surface area contributed by atoms with Gasteiger partial charge in [0.25, 0.3) is 0 Å². The Morgan fingerprint density at radius 2 is 0.514 bits per heavy atom. The molecule has 0 aliphatic rings. The average Bonchev–Trinajstić information content (AvgIpc) is 2.83. The summed E-state index contributed by atoms with van der Waals surface area (Å²) in [5.41, 5.74) is 22.6. The second kappa shape index (κ2) is 9.37. The van der Waals surface area contributed by atoms with Crippen molar-refractivity contribution in [2.24, 2.45) is 0 Å². The molecule has 3 aromatic rings. The van der Waals surface area contributed by atoms with Crippen LogP contribution < -0.4 is 9.64 Å². The van der Waals surface area contributed by atoms with Crippen molar-refractivity contribution in [3.63, 3.8) is 0 Å². The average molecular weight is 472 g/mol. The minimum atomic E-state index is 0.998. The number of nitrogens with zero attached hydrogens (tertiary/aromatic N) is 1. The monoisotopic (exact) mass is 471 g/mol. The summed E-state index contributed by atoms with van der Waals surface area (Å²) < 4.78 is 5.87. The normalized spacial score (nSPS) is 11.3. The van der Waals surface area contributed by atoms with Crippen molar-refractivity contribution in [3.8, 4) is 5.75 Å². The fraction of sp³-hybridized carbons (Fsp3) is 0.455. The van der Waals surface area contributed by atoms with Gasteiger partial charge in [0.1, 0.15) is 5.75 Å². The van der Waals surface area contributed by atoms with Crippen LogP contribution in [0.3, 0.4) is 0 Å². The maximum absolute atomic E-state index is 5.87. The van der Waals surface area contributed by atoms with E-state index in [2.05, 4.69) is 102 Å². The largest absolute Gasteiger partial charge is 0.496 e. The van der Waals surface area contributed by atoms with Gasteiger partial charge in [-0.25, -0.2) is 0 Å². The lowest BCUT2D eigenvalue weighted by atomic mass is 9.87. The van der Waals surface area contributed by atoms with Crippen molar-refractivity contribution in [2.75, 3.05) is 12.0 Å². The zero-order chi connectivity index (χ0) is 26.7. The molecular formula is C33H45NO. The third-order valence-electron chi connectivity index (χ3n) is 9.31. The van der Waals surface area contributed by atoms with Crippen LogP contribution in [-0.4, -0.2) is 7.11 Å². The highest BCUT2D eigenvalue weighted by Gasteiger charge is 2.29. The molecule has 0 atom stereocenters. The topological polar surface area (TPSA) is 12.5 Å². The van der Waals surface area contributed by atoms with E-state index in [1.165, 1.54) is 95.0 Å². The Balaban J connectivity index is 2.68. The molecule has 0 N–H and O–H groups in total. The molecule has 0 bridgehead atoms. The Morgan fingerprint density at radius 1 is 0.314 bits per heavy atom. The standard InChI is InChI=1S/C33H45NO/c1-16-18(3)22(7)30(23(8)19(16)4)34(31-24(9)20(5)17(2)21(6)25(31)10)32-26(11)28(13)33(35-15)29(14)27(32)12/h1-15H3. The van der Waals surface area contributed by atoms with E-state index in [-0.39, 0.29) is 0 Å². The fourth-order valence-corrected chi connectivity index (χ4v) is 5.87. The Labute approximate surface area is 214 Å². The maximum atomic E-state index is 5.87. The van der Waals surface area contributed by atoms with Crippen molar-refractivity contribution >= 4 is 17.1 Å². The second-order valence-electron chi connectivity index (χ2n) is 10.7. The molecule has 0 saturated carbocycles. The van der Waals surface area contributed by atoms with Gasteiger partial charge in [-0.1, -0.05) is 0 Å². The van der Waals surface area contributed by atoms with E-state index >= 15 is 0 Å². The van der Waals surface area contributed by atoms with Gasteiger partial charge in [-0.15, -0.1) is 0 Å². The number of rotatable bonds is 4. The van der Waals surface area contributed by atoms with Gasteiger partial charge in [0, 0.05) is 0 Å². The minimum Gasteiger partial charge on any atom is -0.496 e. The lowest BCUT2D eigenvalue weighted by Crippen LogP contribution is -2.21. The van der Waals surface area contributed by atoms with Crippen molar-refractivity contribution in [2.45, 2.75) is 96.9 Å². The molecule has 0 radical (unpaired) electrons. The first kappa shape index (κ1) is 26.9. The summed E-state index contributed by atoms with van der Waals surface area (Å²) in [6.45, 7) is 31.7. The maximum Gasteiger partial charge on any atom is 0.125 e. The quantitative estimate of drug-likeness (QED) is 0.375. The molecule has 188 valence electrons. The molecule has 0 fully saturated rings. The lowest BCUT2D eigenvalue weighted by Gasteiger charge is -2.37. The third kappa shape index (κ3) is 3.86. The summed E-state index contributed by atoms with van der Waals surface area (Å²) in [4.78, 5) is 2.60. The first-order valence-electron chi connectivity index (χ1n) is 12.8. The van der Waals surface area contributed by atoms with Crippen molar-refractivity contribution in [1.82, 2.24) is 0 Å².